The molecule has 0 bridgehead atoms. The summed E-state index contributed by atoms with van der Waals surface area (Å²) in [5.41, 5.74) is 2.47. The van der Waals surface area contributed by atoms with Crippen molar-refractivity contribution >= 4 is 17.6 Å². The minimum atomic E-state index is -0.940. The number of aryl methyl sites for hydroxylation is 2. The Hall–Kier alpha value is -1.02. The molecule has 0 amide bonds. The zero-order chi connectivity index (χ0) is 12.0. The van der Waals surface area contributed by atoms with E-state index in [1.807, 2.05) is 0 Å². The van der Waals surface area contributed by atoms with E-state index in [0.717, 1.165) is 18.4 Å². The van der Waals surface area contributed by atoms with Gasteiger partial charge in [-0.25, -0.2) is 0 Å². The second-order valence-electron chi connectivity index (χ2n) is 3.91. The Bertz CT molecular complexity index is 332. The van der Waals surface area contributed by atoms with E-state index in [1.165, 1.54) is 5.56 Å². The predicted octanol–water partition coefficient (Wildman–Crippen LogP) is 3.26. The number of carbonyl (C=O) groups is 1. The number of carboxylic acids is 1. The lowest BCUT2D eigenvalue weighted by Crippen LogP contribution is -2.13. The molecular formula is C13H17ClO2. The first-order valence-corrected chi connectivity index (χ1v) is 6.01. The van der Waals surface area contributed by atoms with Gasteiger partial charge < -0.3 is 5.11 Å². The smallest absolute Gasteiger partial charge is 0.321 e. The molecule has 0 fully saturated rings. The molecule has 0 spiro atoms. The normalized spacial score (nSPS) is 12.4. The van der Waals surface area contributed by atoms with Gasteiger partial charge in [-0.15, -0.1) is 11.6 Å². The summed E-state index contributed by atoms with van der Waals surface area (Å²) in [6, 6.07) is 8.30. The third-order valence-corrected chi connectivity index (χ3v) is 2.92. The molecule has 3 heteroatoms. The Morgan fingerprint density at radius 2 is 1.75 bits per heavy atom. The average Bonchev–Trinajstić information content (AvgIpc) is 2.28. The fraction of sp³-hybridized carbons (Fsp3) is 0.462. The molecule has 1 aromatic carbocycles. The highest BCUT2D eigenvalue weighted by atomic mass is 35.5. The van der Waals surface area contributed by atoms with E-state index in [2.05, 4.69) is 31.2 Å². The zero-order valence-corrected chi connectivity index (χ0v) is 10.2. The first-order chi connectivity index (χ1) is 7.63. The van der Waals surface area contributed by atoms with Gasteiger partial charge in [0.25, 0.3) is 0 Å². The molecule has 1 aromatic rings. The van der Waals surface area contributed by atoms with Crippen LogP contribution < -0.4 is 0 Å². The van der Waals surface area contributed by atoms with Crippen LogP contribution in [0.4, 0.5) is 0 Å². The monoisotopic (exact) mass is 240 g/mol. The van der Waals surface area contributed by atoms with Crippen molar-refractivity contribution in [3.8, 4) is 0 Å². The topological polar surface area (TPSA) is 37.3 Å². The Kier molecular flexibility index (Phi) is 5.33. The van der Waals surface area contributed by atoms with E-state index >= 15 is 0 Å². The number of aliphatic carboxylic acids is 1. The predicted molar refractivity (Wildman–Crippen MR) is 66.0 cm³/mol. The largest absolute Gasteiger partial charge is 0.480 e. The van der Waals surface area contributed by atoms with Crippen molar-refractivity contribution in [1.82, 2.24) is 0 Å². The highest BCUT2D eigenvalue weighted by Crippen LogP contribution is 2.12. The second kappa shape index (κ2) is 6.54. The highest BCUT2D eigenvalue weighted by molar-refractivity contribution is 6.29. The van der Waals surface area contributed by atoms with Crippen molar-refractivity contribution in [3.05, 3.63) is 35.4 Å². The van der Waals surface area contributed by atoms with Gasteiger partial charge in [0.2, 0.25) is 0 Å². The number of alkyl halides is 1. The maximum Gasteiger partial charge on any atom is 0.321 e. The molecular weight excluding hydrogens is 224 g/mol. The third-order valence-electron chi connectivity index (χ3n) is 2.52. The number of hydrogen-bond donors (Lipinski definition) is 1. The van der Waals surface area contributed by atoms with Gasteiger partial charge in [0.1, 0.15) is 5.38 Å². The van der Waals surface area contributed by atoms with Crippen molar-refractivity contribution in [2.45, 2.75) is 38.0 Å². The molecule has 0 saturated heterocycles. The van der Waals surface area contributed by atoms with E-state index < -0.39 is 11.3 Å². The van der Waals surface area contributed by atoms with Gasteiger partial charge in [-0.3, -0.25) is 4.79 Å². The van der Waals surface area contributed by atoms with Gasteiger partial charge in [0.15, 0.2) is 0 Å². The average molecular weight is 241 g/mol. The van der Waals surface area contributed by atoms with Crippen LogP contribution in [0.1, 0.15) is 30.9 Å². The van der Waals surface area contributed by atoms with Gasteiger partial charge in [-0.2, -0.15) is 0 Å². The Labute approximate surface area is 101 Å². The van der Waals surface area contributed by atoms with Crippen molar-refractivity contribution in [3.63, 3.8) is 0 Å². The summed E-state index contributed by atoms with van der Waals surface area (Å²) in [6.45, 7) is 2.15. The standard InChI is InChI=1S/C13H17ClO2/c1-2-3-10-4-6-11(7-5-10)8-9-12(14)13(15)16/h4-7,12H,2-3,8-9H2,1H3,(H,15,16). The van der Waals surface area contributed by atoms with Crippen LogP contribution in [0.5, 0.6) is 0 Å². The van der Waals surface area contributed by atoms with Gasteiger partial charge in [0, 0.05) is 0 Å². The SMILES string of the molecule is CCCc1ccc(CCC(Cl)C(=O)O)cc1. The molecule has 2 nitrogen and oxygen atoms in total. The molecule has 0 aliphatic rings. The van der Waals surface area contributed by atoms with E-state index in [9.17, 15) is 4.79 Å². The van der Waals surface area contributed by atoms with Crippen LogP contribution in [0.3, 0.4) is 0 Å². The number of carboxylic acid groups (broad SMARTS) is 1. The van der Waals surface area contributed by atoms with Crippen LogP contribution in [0.25, 0.3) is 0 Å². The summed E-state index contributed by atoms with van der Waals surface area (Å²) < 4.78 is 0. The van der Waals surface area contributed by atoms with Crippen molar-refractivity contribution in [2.75, 3.05) is 0 Å². The lowest BCUT2D eigenvalue weighted by Gasteiger charge is -2.05. The first-order valence-electron chi connectivity index (χ1n) is 5.58. The summed E-state index contributed by atoms with van der Waals surface area (Å²) in [4.78, 5) is 10.5. The minimum absolute atomic E-state index is 0.476. The number of hydrogen-bond acceptors (Lipinski definition) is 1. The molecule has 1 unspecified atom stereocenters. The zero-order valence-electron chi connectivity index (χ0n) is 9.45. The minimum Gasteiger partial charge on any atom is -0.480 e. The molecule has 88 valence electrons. The molecule has 0 radical (unpaired) electrons. The van der Waals surface area contributed by atoms with E-state index in [1.54, 1.807) is 0 Å². The highest BCUT2D eigenvalue weighted by Gasteiger charge is 2.12. The summed E-state index contributed by atoms with van der Waals surface area (Å²) in [5, 5.41) is 7.86. The van der Waals surface area contributed by atoms with Crippen LogP contribution >= 0.6 is 11.6 Å². The maximum absolute atomic E-state index is 10.5. The van der Waals surface area contributed by atoms with Crippen molar-refractivity contribution in [1.29, 1.82) is 0 Å². The molecule has 0 aliphatic carbocycles. The van der Waals surface area contributed by atoms with Crippen molar-refractivity contribution < 1.29 is 9.90 Å². The summed E-state index contributed by atoms with van der Waals surface area (Å²) >= 11 is 5.65. The molecule has 0 saturated carbocycles. The van der Waals surface area contributed by atoms with Crippen LogP contribution in [0.15, 0.2) is 24.3 Å². The fourth-order valence-corrected chi connectivity index (χ4v) is 1.69. The molecule has 0 aromatic heterocycles. The Morgan fingerprint density at radius 1 is 1.25 bits per heavy atom. The first kappa shape index (κ1) is 13.0. The summed E-state index contributed by atoms with van der Waals surface area (Å²) in [7, 11) is 0. The molecule has 1 N–H and O–H groups in total. The van der Waals surface area contributed by atoms with E-state index in [-0.39, 0.29) is 0 Å². The molecule has 0 heterocycles. The Morgan fingerprint density at radius 3 is 2.19 bits per heavy atom. The third kappa shape index (κ3) is 4.23. The fourth-order valence-electron chi connectivity index (χ4n) is 1.58. The van der Waals surface area contributed by atoms with Crippen LogP contribution in [-0.4, -0.2) is 16.5 Å². The van der Waals surface area contributed by atoms with E-state index in [0.29, 0.717) is 12.8 Å². The van der Waals surface area contributed by atoms with Crippen LogP contribution in [0, 0.1) is 0 Å². The van der Waals surface area contributed by atoms with Crippen molar-refractivity contribution in [2.24, 2.45) is 0 Å². The molecule has 0 aliphatic heterocycles. The van der Waals surface area contributed by atoms with Crippen LogP contribution in [0.2, 0.25) is 0 Å². The van der Waals surface area contributed by atoms with Crippen LogP contribution in [-0.2, 0) is 17.6 Å². The number of halogens is 1. The summed E-state index contributed by atoms with van der Waals surface area (Å²) in [5.74, 6) is -0.940. The number of benzene rings is 1. The van der Waals surface area contributed by atoms with Gasteiger partial charge in [-0.1, -0.05) is 37.6 Å². The molecule has 1 atom stereocenters. The quantitative estimate of drug-likeness (QED) is 0.775. The lowest BCUT2D eigenvalue weighted by molar-refractivity contribution is -0.136. The van der Waals surface area contributed by atoms with E-state index in [4.69, 9.17) is 16.7 Å². The van der Waals surface area contributed by atoms with Gasteiger partial charge in [0.05, 0.1) is 0 Å². The molecule has 1 rings (SSSR count). The molecule has 16 heavy (non-hydrogen) atoms. The lowest BCUT2D eigenvalue weighted by atomic mass is 10.0. The second-order valence-corrected chi connectivity index (χ2v) is 4.44. The Balaban J connectivity index is 2.46. The number of rotatable bonds is 6. The maximum atomic E-state index is 10.5. The summed E-state index contributed by atoms with van der Waals surface area (Å²) in [6.07, 6.45) is 3.42. The van der Waals surface area contributed by atoms with Gasteiger partial charge in [-0.05, 0) is 30.4 Å². The van der Waals surface area contributed by atoms with Gasteiger partial charge >= 0.3 is 5.97 Å².